The minimum atomic E-state index is -0.247. The summed E-state index contributed by atoms with van der Waals surface area (Å²) in [5.74, 6) is 0.332. The first-order valence-electron chi connectivity index (χ1n) is 7.47. The number of carbonyl (C=O) groups excluding carboxylic acids is 1. The van der Waals surface area contributed by atoms with Crippen molar-refractivity contribution >= 4 is 27.5 Å². The first-order valence-corrected chi connectivity index (χ1v) is 7.47. The highest BCUT2D eigenvalue weighted by Gasteiger charge is 2.19. The number of hydrogen-bond donors (Lipinski definition) is 1. The summed E-state index contributed by atoms with van der Waals surface area (Å²) in [6.45, 7) is 3.81. The van der Waals surface area contributed by atoms with Gasteiger partial charge >= 0.3 is 5.97 Å². The molecule has 3 rings (SSSR count). The summed E-state index contributed by atoms with van der Waals surface area (Å²) in [6, 6.07) is 14.8. The molecular weight excluding hydrogens is 276 g/mol. The van der Waals surface area contributed by atoms with Gasteiger partial charge < -0.3 is 9.84 Å². The Bertz CT molecular complexity index is 795. The molecule has 0 aliphatic carbocycles. The molecule has 0 amide bonds. The van der Waals surface area contributed by atoms with E-state index in [0.29, 0.717) is 16.5 Å². The lowest BCUT2D eigenvalue weighted by atomic mass is 10.0. The van der Waals surface area contributed by atoms with Crippen LogP contribution in [0.1, 0.15) is 20.3 Å². The van der Waals surface area contributed by atoms with Crippen LogP contribution < -0.4 is 4.74 Å². The van der Waals surface area contributed by atoms with Gasteiger partial charge in [0.05, 0.1) is 5.92 Å². The second kappa shape index (κ2) is 5.68. The summed E-state index contributed by atoms with van der Waals surface area (Å²) >= 11 is 0. The lowest BCUT2D eigenvalue weighted by molar-refractivity contribution is -0.138. The van der Waals surface area contributed by atoms with E-state index in [9.17, 15) is 9.90 Å². The second-order valence-electron chi connectivity index (χ2n) is 5.50. The number of hydrogen-bond acceptors (Lipinski definition) is 3. The molecule has 0 saturated carbocycles. The van der Waals surface area contributed by atoms with Crippen molar-refractivity contribution in [2.24, 2.45) is 5.92 Å². The van der Waals surface area contributed by atoms with Gasteiger partial charge in [0, 0.05) is 21.5 Å². The third-order valence-corrected chi connectivity index (χ3v) is 4.07. The van der Waals surface area contributed by atoms with Crippen molar-refractivity contribution in [3.05, 3.63) is 48.5 Å². The molecule has 0 fully saturated rings. The normalized spacial score (nSPS) is 12.5. The largest absolute Gasteiger partial charge is 0.507 e. The summed E-state index contributed by atoms with van der Waals surface area (Å²) in [6.07, 6.45) is 0.729. The van der Waals surface area contributed by atoms with Crippen molar-refractivity contribution < 1.29 is 14.6 Å². The zero-order chi connectivity index (χ0) is 15.7. The number of carbonyl (C=O) groups is 1. The average Bonchev–Trinajstić information content (AvgIpc) is 2.57. The molecule has 0 aliphatic rings. The van der Waals surface area contributed by atoms with Crippen molar-refractivity contribution in [2.75, 3.05) is 0 Å². The van der Waals surface area contributed by atoms with Gasteiger partial charge in [-0.1, -0.05) is 62.4 Å². The van der Waals surface area contributed by atoms with Crippen molar-refractivity contribution in [1.82, 2.24) is 0 Å². The number of esters is 1. The van der Waals surface area contributed by atoms with Crippen LogP contribution in [0.15, 0.2) is 48.5 Å². The SMILES string of the molecule is CCC(C)C(=O)Oc1c2ccccc2c(O)c2ccccc12. The van der Waals surface area contributed by atoms with Crippen molar-refractivity contribution in [1.29, 1.82) is 0 Å². The standard InChI is InChI=1S/C19H18O3/c1-3-12(2)19(21)22-18-15-10-6-4-8-13(15)17(20)14-9-5-7-11-16(14)18/h4-12,20H,3H2,1-2H3. The Labute approximate surface area is 129 Å². The average molecular weight is 294 g/mol. The van der Waals surface area contributed by atoms with Crippen LogP contribution in [0.3, 0.4) is 0 Å². The molecule has 3 aromatic rings. The van der Waals surface area contributed by atoms with Crippen LogP contribution in [-0.4, -0.2) is 11.1 Å². The molecule has 3 aromatic carbocycles. The Balaban J connectivity index is 2.29. The zero-order valence-electron chi connectivity index (χ0n) is 12.7. The van der Waals surface area contributed by atoms with Crippen LogP contribution in [0.4, 0.5) is 0 Å². The molecule has 22 heavy (non-hydrogen) atoms. The molecule has 0 aliphatic heterocycles. The number of phenolic OH excluding ortho intramolecular Hbond substituents is 1. The minimum absolute atomic E-state index is 0.161. The predicted octanol–water partition coefficient (Wildman–Crippen LogP) is 4.65. The maximum atomic E-state index is 12.2. The predicted molar refractivity (Wildman–Crippen MR) is 88.2 cm³/mol. The molecule has 0 heterocycles. The number of phenols is 1. The quantitative estimate of drug-likeness (QED) is 0.434. The van der Waals surface area contributed by atoms with Crippen molar-refractivity contribution in [3.8, 4) is 11.5 Å². The van der Waals surface area contributed by atoms with Gasteiger partial charge in [0.1, 0.15) is 11.5 Å². The van der Waals surface area contributed by atoms with Crippen LogP contribution in [0.2, 0.25) is 0 Å². The molecule has 3 heteroatoms. The fourth-order valence-corrected chi connectivity index (χ4v) is 2.54. The number of rotatable bonds is 3. The summed E-state index contributed by atoms with van der Waals surface area (Å²) in [5.41, 5.74) is 0. The van der Waals surface area contributed by atoms with E-state index in [0.717, 1.165) is 17.2 Å². The maximum Gasteiger partial charge on any atom is 0.314 e. The summed E-state index contributed by atoms with van der Waals surface area (Å²) in [5, 5.41) is 13.4. The Morgan fingerprint density at radius 3 is 1.91 bits per heavy atom. The zero-order valence-corrected chi connectivity index (χ0v) is 12.7. The smallest absolute Gasteiger partial charge is 0.314 e. The van der Waals surface area contributed by atoms with Crippen LogP contribution in [0.5, 0.6) is 11.5 Å². The number of benzene rings is 3. The van der Waals surface area contributed by atoms with E-state index in [1.807, 2.05) is 62.4 Å². The molecule has 112 valence electrons. The Hall–Kier alpha value is -2.55. The lowest BCUT2D eigenvalue weighted by Gasteiger charge is -2.15. The second-order valence-corrected chi connectivity index (χ2v) is 5.50. The van der Waals surface area contributed by atoms with Crippen molar-refractivity contribution in [2.45, 2.75) is 20.3 Å². The molecule has 3 nitrogen and oxygen atoms in total. The van der Waals surface area contributed by atoms with Gasteiger partial charge in [-0.3, -0.25) is 4.79 Å². The van der Waals surface area contributed by atoms with Crippen LogP contribution in [0, 0.1) is 5.92 Å². The van der Waals surface area contributed by atoms with Gasteiger partial charge in [-0.25, -0.2) is 0 Å². The molecule has 0 radical (unpaired) electrons. The third kappa shape index (κ3) is 2.29. The van der Waals surface area contributed by atoms with Gasteiger partial charge in [0.15, 0.2) is 0 Å². The third-order valence-electron chi connectivity index (χ3n) is 4.07. The van der Waals surface area contributed by atoms with E-state index in [1.165, 1.54) is 0 Å². The summed E-state index contributed by atoms with van der Waals surface area (Å²) in [7, 11) is 0. The molecule has 1 unspecified atom stereocenters. The van der Waals surface area contributed by atoms with E-state index in [-0.39, 0.29) is 17.6 Å². The lowest BCUT2D eigenvalue weighted by Crippen LogP contribution is -2.17. The Morgan fingerprint density at radius 2 is 1.45 bits per heavy atom. The number of fused-ring (bicyclic) bond motifs is 2. The topological polar surface area (TPSA) is 46.5 Å². The van der Waals surface area contributed by atoms with Gasteiger partial charge in [-0.2, -0.15) is 0 Å². The van der Waals surface area contributed by atoms with E-state index in [4.69, 9.17) is 4.74 Å². The van der Waals surface area contributed by atoms with E-state index in [2.05, 4.69) is 0 Å². The van der Waals surface area contributed by atoms with Gasteiger partial charge in [0.25, 0.3) is 0 Å². The highest BCUT2D eigenvalue weighted by Crippen LogP contribution is 2.42. The van der Waals surface area contributed by atoms with Crippen LogP contribution in [-0.2, 0) is 4.79 Å². The first kappa shape index (κ1) is 14.4. The Morgan fingerprint density at radius 1 is 1.00 bits per heavy atom. The summed E-state index contributed by atoms with van der Waals surface area (Å²) < 4.78 is 5.70. The molecular formula is C19H18O3. The van der Waals surface area contributed by atoms with E-state index >= 15 is 0 Å². The van der Waals surface area contributed by atoms with Crippen molar-refractivity contribution in [3.63, 3.8) is 0 Å². The molecule has 0 bridgehead atoms. The molecule has 1 atom stereocenters. The first-order chi connectivity index (χ1) is 10.6. The van der Waals surface area contributed by atoms with Crippen LogP contribution in [0.25, 0.3) is 21.5 Å². The molecule has 0 spiro atoms. The maximum absolute atomic E-state index is 12.2. The Kier molecular flexibility index (Phi) is 3.72. The number of ether oxygens (including phenoxy) is 1. The summed E-state index contributed by atoms with van der Waals surface area (Å²) in [4.78, 5) is 12.2. The molecule has 0 saturated heterocycles. The number of aromatic hydroxyl groups is 1. The molecule has 1 N–H and O–H groups in total. The molecule has 0 aromatic heterocycles. The van der Waals surface area contributed by atoms with Gasteiger partial charge in [-0.05, 0) is 6.42 Å². The highest BCUT2D eigenvalue weighted by atomic mass is 16.5. The fraction of sp³-hybridized carbons (Fsp3) is 0.211. The monoisotopic (exact) mass is 294 g/mol. The van der Waals surface area contributed by atoms with E-state index < -0.39 is 0 Å². The van der Waals surface area contributed by atoms with Gasteiger partial charge in [-0.15, -0.1) is 0 Å². The van der Waals surface area contributed by atoms with Gasteiger partial charge in [0.2, 0.25) is 0 Å². The minimum Gasteiger partial charge on any atom is -0.507 e. The highest BCUT2D eigenvalue weighted by molar-refractivity contribution is 6.11. The van der Waals surface area contributed by atoms with Crippen LogP contribution >= 0.6 is 0 Å². The van der Waals surface area contributed by atoms with E-state index in [1.54, 1.807) is 0 Å². The fourth-order valence-electron chi connectivity index (χ4n) is 2.54.